The second-order valence-corrected chi connectivity index (χ2v) is 8.00. The van der Waals surface area contributed by atoms with Gasteiger partial charge in [-0.1, -0.05) is 30.3 Å². The van der Waals surface area contributed by atoms with E-state index in [1.165, 1.54) is 26.0 Å². The van der Waals surface area contributed by atoms with Gasteiger partial charge in [0.05, 0.1) is 18.4 Å². The predicted molar refractivity (Wildman–Crippen MR) is 111 cm³/mol. The largest absolute Gasteiger partial charge is 0.465 e. The van der Waals surface area contributed by atoms with Crippen LogP contribution >= 0.6 is 0 Å². The third-order valence-electron chi connectivity index (χ3n) is 4.31. The number of rotatable bonds is 6. The zero-order valence-electron chi connectivity index (χ0n) is 16.6. The van der Waals surface area contributed by atoms with Gasteiger partial charge in [-0.15, -0.1) is 0 Å². The first-order chi connectivity index (χ1) is 14.2. The van der Waals surface area contributed by atoms with Crippen molar-refractivity contribution in [2.24, 2.45) is 0 Å². The Labute approximate surface area is 173 Å². The van der Waals surface area contributed by atoms with Crippen LogP contribution in [0.3, 0.4) is 0 Å². The van der Waals surface area contributed by atoms with Gasteiger partial charge in [-0.2, -0.15) is 0 Å². The molecule has 0 aliphatic rings. The highest BCUT2D eigenvalue weighted by Gasteiger charge is 2.32. The summed E-state index contributed by atoms with van der Waals surface area (Å²) in [7, 11) is -3.11. The number of hydrogen-bond acceptors (Lipinski definition) is 6. The lowest BCUT2D eigenvalue weighted by molar-refractivity contribution is 0.0594. The Bertz CT molecular complexity index is 1200. The number of carbonyl (C=O) groups excluding carboxylic acids is 2. The first-order valence-electron chi connectivity index (χ1n) is 8.91. The molecule has 2 N–H and O–H groups in total. The van der Waals surface area contributed by atoms with Gasteiger partial charge in [0.25, 0.3) is 15.9 Å². The van der Waals surface area contributed by atoms with E-state index >= 15 is 0 Å². The lowest BCUT2D eigenvalue weighted by Crippen LogP contribution is -2.20. The topological polar surface area (TPSA) is 115 Å². The van der Waals surface area contributed by atoms with Crippen LogP contribution in [-0.4, -0.2) is 27.4 Å². The van der Waals surface area contributed by atoms with Crippen LogP contribution < -0.4 is 10.0 Å². The smallest absolute Gasteiger partial charge is 0.342 e. The minimum atomic E-state index is -4.26. The molecule has 0 radical (unpaired) electrons. The number of furan rings is 1. The van der Waals surface area contributed by atoms with Gasteiger partial charge >= 0.3 is 5.97 Å². The maximum Gasteiger partial charge on any atom is 0.342 e. The molecule has 3 aromatic rings. The summed E-state index contributed by atoms with van der Waals surface area (Å²) in [5, 5.41) is 2.71. The Hall–Kier alpha value is -3.59. The molecular weight excluding hydrogens is 408 g/mol. The Morgan fingerprint density at radius 1 is 0.933 bits per heavy atom. The van der Waals surface area contributed by atoms with Gasteiger partial charge in [0.1, 0.15) is 22.0 Å². The fourth-order valence-electron chi connectivity index (χ4n) is 3.01. The fourth-order valence-corrected chi connectivity index (χ4v) is 4.50. The highest BCUT2D eigenvalue weighted by atomic mass is 32.2. The number of esters is 1. The van der Waals surface area contributed by atoms with Crippen molar-refractivity contribution in [2.45, 2.75) is 18.7 Å². The van der Waals surface area contributed by atoms with Crippen LogP contribution in [-0.2, 0) is 14.8 Å². The number of hydrogen-bond donors (Lipinski definition) is 2. The molecule has 0 fully saturated rings. The van der Waals surface area contributed by atoms with E-state index < -0.39 is 21.9 Å². The van der Waals surface area contributed by atoms with Crippen LogP contribution in [0.5, 0.6) is 0 Å². The molecule has 1 amide bonds. The molecule has 30 heavy (non-hydrogen) atoms. The molecule has 2 aromatic carbocycles. The fraction of sp³-hybridized carbons (Fsp3) is 0.143. The number of para-hydroxylation sites is 2. The van der Waals surface area contributed by atoms with Crippen LogP contribution in [0, 0.1) is 13.8 Å². The number of ether oxygens (including phenoxy) is 1. The number of amides is 1. The summed E-state index contributed by atoms with van der Waals surface area (Å²) in [6, 6.07) is 14.9. The van der Waals surface area contributed by atoms with Crippen LogP contribution in [0.2, 0.25) is 0 Å². The van der Waals surface area contributed by atoms with Gasteiger partial charge in [0, 0.05) is 5.69 Å². The van der Waals surface area contributed by atoms with Gasteiger partial charge in [0.2, 0.25) is 0 Å². The molecule has 1 aromatic heterocycles. The average Bonchev–Trinajstić information content (AvgIpc) is 3.03. The highest BCUT2D eigenvalue weighted by Crippen LogP contribution is 2.30. The number of methoxy groups -OCH3 is 1. The second-order valence-electron chi connectivity index (χ2n) is 6.38. The first kappa shape index (κ1) is 21.1. The molecule has 3 rings (SSSR count). The maximum atomic E-state index is 13.1. The Kier molecular flexibility index (Phi) is 5.93. The molecule has 0 saturated heterocycles. The van der Waals surface area contributed by atoms with Gasteiger partial charge in [-0.05, 0) is 38.1 Å². The third-order valence-corrected chi connectivity index (χ3v) is 5.83. The molecule has 1 heterocycles. The molecule has 0 aliphatic carbocycles. The van der Waals surface area contributed by atoms with Gasteiger partial charge in [0.15, 0.2) is 0 Å². The van der Waals surface area contributed by atoms with Crippen LogP contribution in [0.4, 0.5) is 11.4 Å². The number of anilines is 2. The van der Waals surface area contributed by atoms with Crippen molar-refractivity contribution in [1.82, 2.24) is 0 Å². The van der Waals surface area contributed by atoms with E-state index in [0.717, 1.165) is 7.11 Å². The molecule has 0 unspecified atom stereocenters. The van der Waals surface area contributed by atoms with Gasteiger partial charge in [-0.25, -0.2) is 13.2 Å². The Morgan fingerprint density at radius 3 is 2.23 bits per heavy atom. The number of carbonyl (C=O) groups is 2. The number of benzene rings is 2. The third kappa shape index (κ3) is 4.20. The first-order valence-corrected chi connectivity index (χ1v) is 10.4. The van der Waals surface area contributed by atoms with E-state index in [4.69, 9.17) is 4.42 Å². The average molecular weight is 428 g/mol. The monoisotopic (exact) mass is 428 g/mol. The molecule has 0 spiro atoms. The summed E-state index contributed by atoms with van der Waals surface area (Å²) in [6.07, 6.45) is 0. The lowest BCUT2D eigenvalue weighted by atomic mass is 10.1. The molecule has 0 atom stereocenters. The molecule has 0 bridgehead atoms. The summed E-state index contributed by atoms with van der Waals surface area (Å²) in [4.78, 5) is 24.5. The van der Waals surface area contributed by atoms with E-state index in [2.05, 4.69) is 14.8 Å². The van der Waals surface area contributed by atoms with Crippen molar-refractivity contribution < 1.29 is 27.2 Å². The van der Waals surface area contributed by atoms with Crippen LogP contribution in [0.25, 0.3) is 0 Å². The van der Waals surface area contributed by atoms with E-state index in [-0.39, 0.29) is 33.2 Å². The van der Waals surface area contributed by atoms with E-state index in [1.807, 2.05) is 6.07 Å². The Balaban J connectivity index is 1.98. The normalized spacial score (nSPS) is 11.0. The number of sulfonamides is 1. The molecule has 9 heteroatoms. The summed E-state index contributed by atoms with van der Waals surface area (Å²) >= 11 is 0. The zero-order valence-corrected chi connectivity index (χ0v) is 17.4. The molecular formula is C21H20N2O6S. The van der Waals surface area contributed by atoms with Crippen molar-refractivity contribution in [3.63, 3.8) is 0 Å². The van der Waals surface area contributed by atoms with Gasteiger partial charge < -0.3 is 14.5 Å². The summed E-state index contributed by atoms with van der Waals surface area (Å²) in [5.41, 5.74) is 0.547. The quantitative estimate of drug-likeness (QED) is 0.578. The van der Waals surface area contributed by atoms with Crippen molar-refractivity contribution >= 4 is 33.3 Å². The summed E-state index contributed by atoms with van der Waals surface area (Å²) < 4.78 is 38.6. The summed E-state index contributed by atoms with van der Waals surface area (Å²) in [5.74, 6) is -1.17. The lowest BCUT2D eigenvalue weighted by Gasteiger charge is -2.13. The Morgan fingerprint density at radius 2 is 1.57 bits per heavy atom. The second kappa shape index (κ2) is 8.42. The van der Waals surface area contributed by atoms with E-state index in [0.29, 0.717) is 5.69 Å². The minimum absolute atomic E-state index is 0.0339. The standard InChI is InChI=1S/C21H20N2O6S/c1-13-18(21(25)28-3)19(14(2)29-13)30(26,27)23-17-12-8-7-11-16(17)20(24)22-15-9-5-4-6-10-15/h4-12,23H,1-3H3,(H,22,24). The zero-order chi connectivity index (χ0) is 21.9. The molecule has 0 saturated carbocycles. The van der Waals surface area contributed by atoms with Crippen LogP contribution in [0.15, 0.2) is 63.9 Å². The summed E-state index contributed by atoms with van der Waals surface area (Å²) in [6.45, 7) is 2.90. The number of aryl methyl sites for hydroxylation is 2. The highest BCUT2D eigenvalue weighted by molar-refractivity contribution is 7.92. The molecule has 8 nitrogen and oxygen atoms in total. The van der Waals surface area contributed by atoms with Gasteiger partial charge in [-0.3, -0.25) is 9.52 Å². The van der Waals surface area contributed by atoms with Crippen molar-refractivity contribution in [1.29, 1.82) is 0 Å². The van der Waals surface area contributed by atoms with E-state index in [1.54, 1.807) is 36.4 Å². The van der Waals surface area contributed by atoms with Crippen molar-refractivity contribution in [3.8, 4) is 0 Å². The predicted octanol–water partition coefficient (Wildman–Crippen LogP) is 3.74. The SMILES string of the molecule is COC(=O)c1c(C)oc(C)c1S(=O)(=O)Nc1ccccc1C(=O)Nc1ccccc1. The molecule has 156 valence electrons. The van der Waals surface area contributed by atoms with Crippen molar-refractivity contribution in [3.05, 3.63) is 77.2 Å². The van der Waals surface area contributed by atoms with Crippen molar-refractivity contribution in [2.75, 3.05) is 17.1 Å². The maximum absolute atomic E-state index is 13.1. The minimum Gasteiger partial charge on any atom is -0.465 e. The molecule has 0 aliphatic heterocycles. The van der Waals surface area contributed by atoms with E-state index in [9.17, 15) is 18.0 Å². The van der Waals surface area contributed by atoms with Crippen LogP contribution in [0.1, 0.15) is 32.2 Å². The number of nitrogens with one attached hydrogen (secondary N) is 2.